The third-order valence-electron chi connectivity index (χ3n) is 4.86. The Hall–Kier alpha value is -2.12. The minimum atomic E-state index is -0.0306. The molecule has 0 bridgehead atoms. The highest BCUT2D eigenvalue weighted by Crippen LogP contribution is 2.14. The van der Waals surface area contributed by atoms with E-state index in [-0.39, 0.29) is 5.91 Å². The highest BCUT2D eigenvalue weighted by atomic mass is 16.5. The van der Waals surface area contributed by atoms with E-state index in [1.807, 2.05) is 31.2 Å². The van der Waals surface area contributed by atoms with Crippen LogP contribution < -0.4 is 16.0 Å². The summed E-state index contributed by atoms with van der Waals surface area (Å²) in [7, 11) is 1.76. The van der Waals surface area contributed by atoms with Gasteiger partial charge >= 0.3 is 0 Å². The summed E-state index contributed by atoms with van der Waals surface area (Å²) in [5.74, 6) is 1.36. The van der Waals surface area contributed by atoms with Gasteiger partial charge in [-0.25, -0.2) is 0 Å². The van der Waals surface area contributed by atoms with E-state index in [0.29, 0.717) is 24.6 Å². The molecule has 0 spiro atoms. The fourth-order valence-electron chi connectivity index (χ4n) is 3.11. The molecule has 7 nitrogen and oxygen atoms in total. The Bertz CT molecular complexity index is 630. The van der Waals surface area contributed by atoms with Crippen molar-refractivity contribution in [2.75, 3.05) is 46.6 Å². The molecule has 1 heterocycles. The zero-order valence-electron chi connectivity index (χ0n) is 17.8. The van der Waals surface area contributed by atoms with Crippen molar-refractivity contribution >= 4 is 11.9 Å². The number of carbonyl (C=O) groups excluding carboxylic acids is 1. The molecule has 162 valence electrons. The highest BCUT2D eigenvalue weighted by molar-refractivity contribution is 5.94. The molecule has 1 aromatic rings. The lowest BCUT2D eigenvalue weighted by atomic mass is 10.0. The Balaban J connectivity index is 1.62. The van der Waals surface area contributed by atoms with Crippen LogP contribution in [0.15, 0.2) is 29.3 Å². The summed E-state index contributed by atoms with van der Waals surface area (Å²) in [6.45, 7) is 7.44. The number of hydrogen-bond acceptors (Lipinski definition) is 4. The molecular formula is C22H36N4O3. The first-order chi connectivity index (χ1) is 14.2. The van der Waals surface area contributed by atoms with Gasteiger partial charge in [-0.2, -0.15) is 0 Å². The van der Waals surface area contributed by atoms with Crippen molar-refractivity contribution in [2.24, 2.45) is 10.9 Å². The maximum Gasteiger partial charge on any atom is 0.251 e. The Morgan fingerprint density at radius 3 is 2.79 bits per heavy atom. The lowest BCUT2D eigenvalue weighted by Crippen LogP contribution is -2.37. The maximum atomic E-state index is 12.1. The van der Waals surface area contributed by atoms with Crippen molar-refractivity contribution in [2.45, 2.75) is 39.2 Å². The van der Waals surface area contributed by atoms with Crippen molar-refractivity contribution < 1.29 is 14.3 Å². The van der Waals surface area contributed by atoms with Crippen molar-refractivity contribution in [3.8, 4) is 0 Å². The summed E-state index contributed by atoms with van der Waals surface area (Å²) in [4.78, 5) is 16.3. The molecule has 1 saturated heterocycles. The average Bonchev–Trinajstić information content (AvgIpc) is 2.77. The Morgan fingerprint density at radius 2 is 2.03 bits per heavy atom. The molecule has 0 radical (unpaired) electrons. The van der Waals surface area contributed by atoms with Crippen molar-refractivity contribution in [3.63, 3.8) is 0 Å². The zero-order chi connectivity index (χ0) is 20.7. The van der Waals surface area contributed by atoms with Crippen molar-refractivity contribution in [1.82, 2.24) is 16.0 Å². The van der Waals surface area contributed by atoms with Crippen LogP contribution in [-0.4, -0.2) is 58.4 Å². The standard InChI is InChI=1S/C22H36N4O3/c1-3-10-24-21(27)20-7-4-6-19(15-20)16-26-22(23-2)25-11-5-12-29-17-18-8-13-28-14-9-18/h4,6-7,15,18H,3,5,8-14,16-17H2,1-2H3,(H,24,27)(H2,23,25,26). The largest absolute Gasteiger partial charge is 0.381 e. The molecule has 3 N–H and O–H groups in total. The minimum Gasteiger partial charge on any atom is -0.381 e. The predicted octanol–water partition coefficient (Wildman–Crippen LogP) is 2.32. The molecule has 1 fully saturated rings. The van der Waals surface area contributed by atoms with E-state index < -0.39 is 0 Å². The number of guanidine groups is 1. The van der Waals surface area contributed by atoms with Crippen LogP contribution in [0, 0.1) is 5.92 Å². The molecule has 0 aliphatic carbocycles. The molecule has 1 amide bonds. The number of nitrogens with one attached hydrogen (secondary N) is 3. The summed E-state index contributed by atoms with van der Waals surface area (Å²) in [5.41, 5.74) is 1.72. The van der Waals surface area contributed by atoms with E-state index >= 15 is 0 Å². The maximum absolute atomic E-state index is 12.1. The van der Waals surface area contributed by atoms with E-state index in [0.717, 1.165) is 70.2 Å². The predicted molar refractivity (Wildman–Crippen MR) is 116 cm³/mol. The van der Waals surface area contributed by atoms with Gasteiger partial charge < -0.3 is 25.4 Å². The van der Waals surface area contributed by atoms with Gasteiger partial charge in [0.25, 0.3) is 5.91 Å². The second-order valence-electron chi connectivity index (χ2n) is 7.29. The van der Waals surface area contributed by atoms with Gasteiger partial charge in [0.15, 0.2) is 5.96 Å². The van der Waals surface area contributed by atoms with Crippen LogP contribution in [0.3, 0.4) is 0 Å². The first-order valence-electron chi connectivity index (χ1n) is 10.7. The summed E-state index contributed by atoms with van der Waals surface area (Å²) in [6, 6.07) is 7.65. The molecular weight excluding hydrogens is 368 g/mol. The van der Waals surface area contributed by atoms with Gasteiger partial charge in [-0.15, -0.1) is 0 Å². The van der Waals surface area contributed by atoms with Gasteiger partial charge in [-0.3, -0.25) is 9.79 Å². The first-order valence-corrected chi connectivity index (χ1v) is 10.7. The van der Waals surface area contributed by atoms with Crippen molar-refractivity contribution in [1.29, 1.82) is 0 Å². The summed E-state index contributed by atoms with van der Waals surface area (Å²) >= 11 is 0. The average molecular weight is 405 g/mol. The van der Waals surface area contributed by atoms with Crippen LogP contribution >= 0.6 is 0 Å². The number of ether oxygens (including phenoxy) is 2. The zero-order valence-corrected chi connectivity index (χ0v) is 17.8. The molecule has 0 atom stereocenters. The van der Waals surface area contributed by atoms with Crippen LogP contribution in [0.1, 0.15) is 48.5 Å². The van der Waals surface area contributed by atoms with Crippen LogP contribution in [0.25, 0.3) is 0 Å². The van der Waals surface area contributed by atoms with E-state index in [4.69, 9.17) is 9.47 Å². The number of carbonyl (C=O) groups is 1. The van der Waals surface area contributed by atoms with Gasteiger partial charge in [0.2, 0.25) is 0 Å². The smallest absolute Gasteiger partial charge is 0.251 e. The van der Waals surface area contributed by atoms with Crippen molar-refractivity contribution in [3.05, 3.63) is 35.4 Å². The molecule has 29 heavy (non-hydrogen) atoms. The monoisotopic (exact) mass is 404 g/mol. The lowest BCUT2D eigenvalue weighted by Gasteiger charge is -2.21. The molecule has 1 aromatic carbocycles. The van der Waals surface area contributed by atoms with Crippen LogP contribution in [-0.2, 0) is 16.0 Å². The van der Waals surface area contributed by atoms with E-state index in [9.17, 15) is 4.79 Å². The Morgan fingerprint density at radius 1 is 1.21 bits per heavy atom. The molecule has 0 aromatic heterocycles. The number of benzene rings is 1. The van der Waals surface area contributed by atoms with Crippen LogP contribution in [0.5, 0.6) is 0 Å². The third kappa shape index (κ3) is 9.28. The normalized spacial score (nSPS) is 15.2. The lowest BCUT2D eigenvalue weighted by molar-refractivity contribution is 0.0203. The minimum absolute atomic E-state index is 0.0306. The molecule has 2 rings (SSSR count). The molecule has 0 saturated carbocycles. The quantitative estimate of drug-likeness (QED) is 0.299. The number of amides is 1. The highest BCUT2D eigenvalue weighted by Gasteiger charge is 2.13. The third-order valence-corrected chi connectivity index (χ3v) is 4.86. The SMILES string of the molecule is CCCNC(=O)c1cccc(CNC(=NC)NCCCOCC2CCOCC2)c1. The van der Waals surface area contributed by atoms with Crippen LogP contribution in [0.2, 0.25) is 0 Å². The van der Waals surface area contributed by atoms with Crippen LogP contribution in [0.4, 0.5) is 0 Å². The summed E-state index contributed by atoms with van der Waals surface area (Å²) < 4.78 is 11.2. The fourth-order valence-corrected chi connectivity index (χ4v) is 3.11. The summed E-state index contributed by atoms with van der Waals surface area (Å²) in [6.07, 6.45) is 4.07. The first kappa shape index (κ1) is 23.2. The number of aliphatic imine (C=N–C) groups is 1. The Labute approximate surface area is 174 Å². The summed E-state index contributed by atoms with van der Waals surface area (Å²) in [5, 5.41) is 9.50. The van der Waals surface area contributed by atoms with E-state index in [1.54, 1.807) is 7.05 Å². The fraction of sp³-hybridized carbons (Fsp3) is 0.636. The van der Waals surface area contributed by atoms with E-state index in [2.05, 4.69) is 20.9 Å². The second-order valence-corrected chi connectivity index (χ2v) is 7.29. The molecule has 1 aliphatic heterocycles. The molecule has 1 aliphatic rings. The van der Waals surface area contributed by atoms with Gasteiger partial charge in [-0.1, -0.05) is 19.1 Å². The van der Waals surface area contributed by atoms with E-state index in [1.165, 1.54) is 0 Å². The number of nitrogens with zero attached hydrogens (tertiary/aromatic N) is 1. The molecule has 7 heteroatoms. The van der Waals surface area contributed by atoms with Gasteiger partial charge in [0.1, 0.15) is 0 Å². The Kier molecular flexibility index (Phi) is 11.1. The van der Waals surface area contributed by atoms with Gasteiger partial charge in [0, 0.05) is 58.7 Å². The number of rotatable bonds is 11. The second kappa shape index (κ2) is 14.0. The van der Waals surface area contributed by atoms with Gasteiger partial charge in [0.05, 0.1) is 0 Å². The number of hydrogen-bond donors (Lipinski definition) is 3. The molecule has 0 unspecified atom stereocenters. The topological polar surface area (TPSA) is 84.0 Å². The van der Waals surface area contributed by atoms with Gasteiger partial charge in [-0.05, 0) is 49.3 Å².